The molecule has 2 aliphatic rings. The molecular weight excluding hydrogens is 486 g/mol. The summed E-state index contributed by atoms with van der Waals surface area (Å²) in [6, 6.07) is 4.17. The lowest BCUT2D eigenvalue weighted by Crippen LogP contribution is -2.37. The summed E-state index contributed by atoms with van der Waals surface area (Å²) >= 11 is 0. The van der Waals surface area contributed by atoms with E-state index in [4.69, 9.17) is 9.73 Å². The minimum Gasteiger partial charge on any atom is -0.495 e. The molecule has 1 aromatic heterocycles. The van der Waals surface area contributed by atoms with Crippen LogP contribution in [0.25, 0.3) is 23.9 Å². The number of aryl methyl sites for hydroxylation is 1. The van der Waals surface area contributed by atoms with Crippen molar-refractivity contribution >= 4 is 41.6 Å². The first-order valence-electron chi connectivity index (χ1n) is 13.2. The predicted octanol–water partition coefficient (Wildman–Crippen LogP) is 3.21. The highest BCUT2D eigenvalue weighted by Gasteiger charge is 2.27. The largest absolute Gasteiger partial charge is 0.495 e. The summed E-state index contributed by atoms with van der Waals surface area (Å²) in [5, 5.41) is 9.54. The number of rotatable bonds is 9. The quantitative estimate of drug-likeness (QED) is 0.430. The Labute approximate surface area is 234 Å². The fraction of sp³-hybridized carbons (Fsp3) is 0.387. The number of nitrogens with one attached hydrogen (secondary N) is 2. The Kier molecular flexibility index (Phi) is 11.6. The van der Waals surface area contributed by atoms with Crippen LogP contribution in [0, 0.1) is 0 Å². The zero-order valence-electron chi connectivity index (χ0n) is 24.8. The van der Waals surface area contributed by atoms with Crippen LogP contribution in [-0.4, -0.2) is 69.9 Å². The Morgan fingerprint density at radius 2 is 1.87 bits per heavy atom. The van der Waals surface area contributed by atoms with E-state index in [2.05, 4.69) is 122 Å². The third-order valence-electron chi connectivity index (χ3n) is 6.64. The number of aromatic nitrogens is 1. The number of ether oxygens (including phenoxy) is 1. The van der Waals surface area contributed by atoms with Crippen molar-refractivity contribution in [2.75, 3.05) is 58.6 Å². The van der Waals surface area contributed by atoms with Gasteiger partial charge in [0.1, 0.15) is 11.4 Å². The second kappa shape index (κ2) is 14.4. The first kappa shape index (κ1) is 31.5. The van der Waals surface area contributed by atoms with Gasteiger partial charge >= 0.3 is 0 Å². The van der Waals surface area contributed by atoms with E-state index in [1.165, 1.54) is 23.2 Å². The maximum atomic E-state index is 5.80. The molecule has 0 saturated heterocycles. The number of fused-ring (bicyclic) bond motifs is 1. The fourth-order valence-electron chi connectivity index (χ4n) is 4.70. The molecule has 1 aliphatic carbocycles. The maximum absolute atomic E-state index is 5.80. The van der Waals surface area contributed by atoms with Gasteiger partial charge in [-0.05, 0) is 58.6 Å². The van der Waals surface area contributed by atoms with E-state index >= 15 is 0 Å². The van der Waals surface area contributed by atoms with Crippen molar-refractivity contribution in [2.45, 2.75) is 25.4 Å². The maximum Gasteiger partial charge on any atom is 0.149 e. The van der Waals surface area contributed by atoms with Crippen LogP contribution in [0.1, 0.15) is 30.9 Å². The number of benzene rings is 1. The average molecular weight is 534 g/mol. The molecule has 8 nitrogen and oxygen atoms in total. The second-order valence-corrected chi connectivity index (χ2v) is 9.71. The molecule has 8 heteroatoms. The first-order valence-corrected chi connectivity index (χ1v) is 13.2. The molecule has 2 aromatic rings. The van der Waals surface area contributed by atoms with Gasteiger partial charge in [0.05, 0.1) is 19.1 Å². The molecule has 39 heavy (non-hydrogen) atoms. The highest BCUT2D eigenvalue weighted by molar-refractivity contribution is 5.82. The lowest BCUT2D eigenvalue weighted by atomic mass is 10.0. The van der Waals surface area contributed by atoms with Crippen LogP contribution in [0.15, 0.2) is 49.1 Å². The van der Waals surface area contributed by atoms with Crippen molar-refractivity contribution in [3.63, 3.8) is 0 Å². The number of likely N-dealkylation sites (N-methyl/N-ethyl adjacent to an activating group) is 2. The Balaban J connectivity index is 0.00000127. The van der Waals surface area contributed by atoms with Gasteiger partial charge in [0.25, 0.3) is 0 Å². The molecule has 0 radical (unpaired) electrons. The lowest BCUT2D eigenvalue weighted by molar-refractivity contribution is 0.412. The van der Waals surface area contributed by atoms with Crippen LogP contribution in [0.3, 0.4) is 0 Å². The van der Waals surface area contributed by atoms with Gasteiger partial charge in [-0.2, -0.15) is 0 Å². The van der Waals surface area contributed by atoms with E-state index in [-0.39, 0.29) is 0 Å². The van der Waals surface area contributed by atoms with E-state index in [0.717, 1.165) is 54.3 Å². The van der Waals surface area contributed by atoms with Crippen molar-refractivity contribution in [3.8, 4) is 5.75 Å². The minimum absolute atomic E-state index is 0.647. The molecule has 1 aliphatic heterocycles. The van der Waals surface area contributed by atoms with Gasteiger partial charge in [-0.15, -0.1) is 13.2 Å². The van der Waals surface area contributed by atoms with Crippen molar-refractivity contribution in [3.05, 3.63) is 65.8 Å². The van der Waals surface area contributed by atoms with Crippen molar-refractivity contribution < 1.29 is 4.74 Å². The normalized spacial score (nSPS) is 17.0. The van der Waals surface area contributed by atoms with E-state index in [9.17, 15) is 0 Å². The van der Waals surface area contributed by atoms with Crippen LogP contribution in [0.5, 0.6) is 5.75 Å². The molecule has 4 rings (SSSR count). The molecule has 0 spiro atoms. The summed E-state index contributed by atoms with van der Waals surface area (Å²) in [6.45, 7) is 14.0. The predicted molar refractivity (Wildman–Crippen MR) is 171 cm³/mol. The Morgan fingerprint density at radius 3 is 2.51 bits per heavy atom. The van der Waals surface area contributed by atoms with Gasteiger partial charge in [0.2, 0.25) is 0 Å². The molecule has 4 N–H and O–H groups in total. The van der Waals surface area contributed by atoms with Gasteiger partial charge in [-0.3, -0.25) is 0 Å². The van der Waals surface area contributed by atoms with Gasteiger partial charge < -0.3 is 35.5 Å². The Morgan fingerprint density at radius 1 is 1.18 bits per heavy atom. The van der Waals surface area contributed by atoms with E-state index < -0.39 is 5.66 Å². The summed E-state index contributed by atoms with van der Waals surface area (Å²) in [6.07, 6.45) is 14.8. The fourth-order valence-corrected chi connectivity index (χ4v) is 4.70. The summed E-state index contributed by atoms with van der Waals surface area (Å²) in [5.74, 6) is 0.771. The van der Waals surface area contributed by atoms with Crippen LogP contribution in [-0.2, 0) is 7.05 Å². The van der Waals surface area contributed by atoms with Gasteiger partial charge in [-0.25, -0.2) is 4.99 Å². The van der Waals surface area contributed by atoms with Crippen LogP contribution in [0.2, 0.25) is 0 Å². The molecule has 0 bridgehead atoms. The third-order valence-corrected chi connectivity index (χ3v) is 6.64. The van der Waals surface area contributed by atoms with E-state index in [1.807, 2.05) is 6.08 Å². The Hall–Kier alpha value is -3.75. The highest BCUT2D eigenvalue weighted by atomic mass is 16.5. The number of nitrogens with two attached hydrogens (primary N) is 1. The summed E-state index contributed by atoms with van der Waals surface area (Å²) in [4.78, 5) is 9.15. The summed E-state index contributed by atoms with van der Waals surface area (Å²) in [7, 11) is 11.6. The molecule has 0 saturated carbocycles. The average Bonchev–Trinajstić information content (AvgIpc) is 3.30. The number of methoxy groups -OCH3 is 1. The van der Waals surface area contributed by atoms with Crippen molar-refractivity contribution in [2.24, 2.45) is 17.8 Å². The molecule has 1 atom stereocenters. The van der Waals surface area contributed by atoms with Gasteiger partial charge in [-0.1, -0.05) is 24.8 Å². The van der Waals surface area contributed by atoms with Gasteiger partial charge in [0.15, 0.2) is 0 Å². The topological polar surface area (TPSA) is 83.1 Å². The van der Waals surface area contributed by atoms with E-state index in [1.54, 1.807) is 13.4 Å². The smallest absolute Gasteiger partial charge is 0.149 e. The number of hydrogen-bond acceptors (Lipinski definition) is 7. The monoisotopic (exact) mass is 533 g/mol. The molecule has 212 valence electrons. The van der Waals surface area contributed by atoms with Gasteiger partial charge in [0, 0.05) is 67.0 Å². The van der Waals surface area contributed by atoms with Crippen LogP contribution < -0.4 is 36.6 Å². The third kappa shape index (κ3) is 7.43. The zero-order valence-corrected chi connectivity index (χ0v) is 24.8. The van der Waals surface area contributed by atoms with Crippen molar-refractivity contribution in [1.29, 1.82) is 0 Å². The molecule has 1 unspecified atom stereocenters. The number of anilines is 2. The second-order valence-electron chi connectivity index (χ2n) is 9.71. The molecular formula is C31H47N7O. The number of nitrogens with zero attached hydrogens (tertiary/aromatic N) is 4. The standard InChI is InChI=1S/C28H38N6O.C2H4.CH5N/c1-8-20-15-23(27(35-7)16-26(20)33(5)14-13-32(3)4)31-28(2)17-24(29-19-30-28)22-18-34(6)25-12-10-9-11-21(22)25;2*1-2/h8,11-12,15-19,31H,1,9-10,13-14H2,2-7H3,(H,29,30);1-2H2;2H2,1H3. The van der Waals surface area contributed by atoms with Crippen LogP contribution >= 0.6 is 0 Å². The molecule has 0 amide bonds. The Bertz CT molecular complexity index is 1310. The SMILES string of the molecule is C=C.C=Cc1cc(NC2(C)C=C(c3cn(C)c4c3=CCCC=4)NC=N2)c(OC)cc1N(C)CCN(C)C.CN. The first-order chi connectivity index (χ1) is 18.7. The zero-order chi connectivity index (χ0) is 29.2. The lowest BCUT2D eigenvalue weighted by Gasteiger charge is -2.31. The van der Waals surface area contributed by atoms with E-state index in [0.29, 0.717) is 0 Å². The van der Waals surface area contributed by atoms with Crippen molar-refractivity contribution in [1.82, 2.24) is 14.8 Å². The molecule has 0 fully saturated rings. The minimum atomic E-state index is -0.647. The number of hydrogen-bond donors (Lipinski definition) is 3. The summed E-state index contributed by atoms with van der Waals surface area (Å²) in [5.41, 5.74) is 9.09. The highest BCUT2D eigenvalue weighted by Crippen LogP contribution is 2.36. The van der Waals surface area contributed by atoms with Crippen LogP contribution in [0.4, 0.5) is 11.4 Å². The molecule has 2 heterocycles. The number of aliphatic imine (C=N–C) groups is 1. The summed E-state index contributed by atoms with van der Waals surface area (Å²) < 4.78 is 8.00. The molecule has 1 aromatic carbocycles.